The number of hydrazone groups is 1. The molecule has 0 bridgehead atoms. The zero-order valence-corrected chi connectivity index (χ0v) is 16.5. The summed E-state index contributed by atoms with van der Waals surface area (Å²) in [6.45, 7) is 1.06. The van der Waals surface area contributed by atoms with Gasteiger partial charge in [-0.1, -0.05) is 12.1 Å². The molecule has 0 heterocycles. The van der Waals surface area contributed by atoms with E-state index in [1.54, 1.807) is 24.3 Å². The fourth-order valence-electron chi connectivity index (χ4n) is 2.47. The molecule has 2 rings (SSSR count). The molecule has 11 heteroatoms. The van der Waals surface area contributed by atoms with Crippen molar-refractivity contribution in [2.75, 3.05) is 26.1 Å². The van der Waals surface area contributed by atoms with Gasteiger partial charge in [-0.2, -0.15) is 5.10 Å². The monoisotopic (exact) mass is 416 g/mol. The lowest BCUT2D eigenvalue weighted by molar-refractivity contribution is -0.385. The molecule has 0 atom stereocenters. The molecular weight excluding hydrogens is 396 g/mol. The maximum atomic E-state index is 12.0. The molecule has 0 aliphatic heterocycles. The molecule has 1 amide bonds. The Morgan fingerprint density at radius 2 is 1.87 bits per heavy atom. The van der Waals surface area contributed by atoms with Crippen LogP contribution in [0.3, 0.4) is 0 Å². The number of hydrogen-bond donors (Lipinski definition) is 2. The Labute approximate surface area is 171 Å². The molecule has 0 radical (unpaired) electrons. The zero-order chi connectivity index (χ0) is 22.1. The summed E-state index contributed by atoms with van der Waals surface area (Å²) in [5, 5.41) is 18.1. The van der Waals surface area contributed by atoms with Gasteiger partial charge in [-0.25, -0.2) is 5.43 Å². The number of carbonyl (C=O) groups is 2. The number of para-hydroxylation sites is 2. The number of rotatable bonds is 9. The lowest BCUT2D eigenvalue weighted by atomic mass is 10.1. The number of nitrogens with zero attached hydrogens (tertiary/aromatic N) is 2. The average Bonchev–Trinajstić information content (AvgIpc) is 2.72. The smallest absolute Gasteiger partial charge is 0.323 e. The van der Waals surface area contributed by atoms with Gasteiger partial charge in [-0.05, 0) is 24.3 Å². The van der Waals surface area contributed by atoms with Crippen LogP contribution in [0.2, 0.25) is 0 Å². The average molecular weight is 416 g/mol. The quantitative estimate of drug-likeness (QED) is 0.208. The van der Waals surface area contributed by atoms with Crippen LogP contribution in [0.15, 0.2) is 41.5 Å². The van der Waals surface area contributed by atoms with Crippen molar-refractivity contribution in [3.8, 4) is 17.2 Å². The highest BCUT2D eigenvalue weighted by Crippen LogP contribution is 2.39. The third kappa shape index (κ3) is 5.67. The Hall–Kier alpha value is -4.15. The van der Waals surface area contributed by atoms with Crippen molar-refractivity contribution in [1.29, 1.82) is 0 Å². The summed E-state index contributed by atoms with van der Waals surface area (Å²) in [7, 11) is 2.72. The minimum Gasteiger partial charge on any atom is -0.495 e. The first kappa shape index (κ1) is 22.1. The molecule has 0 aliphatic rings. The van der Waals surface area contributed by atoms with Crippen LogP contribution >= 0.6 is 0 Å². The fraction of sp³-hybridized carbons (Fsp3) is 0.211. The van der Waals surface area contributed by atoms with Gasteiger partial charge in [-0.3, -0.25) is 19.7 Å². The van der Waals surface area contributed by atoms with Gasteiger partial charge in [0.1, 0.15) is 5.75 Å². The molecule has 2 N–H and O–H groups in total. The Morgan fingerprint density at radius 1 is 1.13 bits per heavy atom. The van der Waals surface area contributed by atoms with Crippen molar-refractivity contribution in [3.05, 3.63) is 52.1 Å². The first-order valence-electron chi connectivity index (χ1n) is 8.60. The van der Waals surface area contributed by atoms with Crippen LogP contribution in [0.1, 0.15) is 12.5 Å². The molecule has 0 fully saturated rings. The molecular formula is C19H20N4O7. The van der Waals surface area contributed by atoms with Gasteiger partial charge >= 0.3 is 11.7 Å². The van der Waals surface area contributed by atoms with Crippen LogP contribution in [-0.2, 0) is 9.59 Å². The van der Waals surface area contributed by atoms with Crippen LogP contribution in [0, 0.1) is 10.1 Å². The second-order valence-electron chi connectivity index (χ2n) is 5.73. The van der Waals surface area contributed by atoms with Gasteiger partial charge in [0, 0.05) is 6.92 Å². The molecule has 0 unspecified atom stereocenters. The summed E-state index contributed by atoms with van der Waals surface area (Å²) in [5.41, 5.74) is 2.48. The molecule has 0 saturated carbocycles. The summed E-state index contributed by atoms with van der Waals surface area (Å²) < 4.78 is 15.1. The van der Waals surface area contributed by atoms with Crippen molar-refractivity contribution in [2.24, 2.45) is 5.10 Å². The molecule has 0 aromatic heterocycles. The number of amides is 1. The summed E-state index contributed by atoms with van der Waals surface area (Å²) in [6.07, 6.45) is 1.10. The molecule has 158 valence electrons. The predicted octanol–water partition coefficient (Wildman–Crippen LogP) is 2.10. The van der Waals surface area contributed by atoms with E-state index in [9.17, 15) is 19.7 Å². The largest absolute Gasteiger partial charge is 0.495 e. The third-order valence-corrected chi connectivity index (χ3v) is 3.71. The number of nitro groups is 1. The first-order valence-corrected chi connectivity index (χ1v) is 8.60. The SMILES string of the molecule is COc1ccccc1NCC(=O)N/N=C/c1ccc(OC(C)=O)c(OC)c1[N+](=O)[O-]. The second-order valence-corrected chi connectivity index (χ2v) is 5.73. The molecule has 0 spiro atoms. The topological polar surface area (TPSA) is 141 Å². The number of esters is 1. The van der Waals surface area contributed by atoms with E-state index in [1.165, 1.54) is 26.4 Å². The minimum atomic E-state index is -0.696. The van der Waals surface area contributed by atoms with Gasteiger partial charge < -0.3 is 19.5 Å². The maximum Gasteiger partial charge on any atom is 0.323 e. The van der Waals surface area contributed by atoms with Crippen LogP contribution in [-0.4, -0.2) is 43.8 Å². The number of methoxy groups -OCH3 is 2. The second kappa shape index (κ2) is 10.4. The van der Waals surface area contributed by atoms with Crippen molar-refractivity contribution in [3.63, 3.8) is 0 Å². The first-order chi connectivity index (χ1) is 14.4. The highest BCUT2D eigenvalue weighted by molar-refractivity contribution is 5.90. The van der Waals surface area contributed by atoms with E-state index in [0.717, 1.165) is 13.1 Å². The third-order valence-electron chi connectivity index (χ3n) is 3.71. The highest BCUT2D eigenvalue weighted by atomic mass is 16.6. The number of nitrogens with one attached hydrogen (secondary N) is 2. The van der Waals surface area contributed by atoms with E-state index in [0.29, 0.717) is 11.4 Å². The van der Waals surface area contributed by atoms with Gasteiger partial charge in [0.2, 0.25) is 5.75 Å². The molecule has 0 aliphatic carbocycles. The molecule has 2 aromatic carbocycles. The number of nitro benzene ring substituents is 1. The van der Waals surface area contributed by atoms with Gasteiger partial charge in [-0.15, -0.1) is 0 Å². The molecule has 0 saturated heterocycles. The summed E-state index contributed by atoms with van der Waals surface area (Å²) in [4.78, 5) is 33.9. The fourth-order valence-corrected chi connectivity index (χ4v) is 2.47. The van der Waals surface area contributed by atoms with E-state index in [1.807, 2.05) is 0 Å². The van der Waals surface area contributed by atoms with E-state index in [-0.39, 0.29) is 23.6 Å². The van der Waals surface area contributed by atoms with Crippen LogP contribution < -0.4 is 25.0 Å². The van der Waals surface area contributed by atoms with Crippen LogP contribution in [0.25, 0.3) is 0 Å². The molecule has 11 nitrogen and oxygen atoms in total. The van der Waals surface area contributed by atoms with E-state index in [2.05, 4.69) is 15.8 Å². The maximum absolute atomic E-state index is 12.0. The Bertz CT molecular complexity index is 975. The van der Waals surface area contributed by atoms with Gasteiger partial charge in [0.15, 0.2) is 5.75 Å². The summed E-state index contributed by atoms with van der Waals surface area (Å²) in [6, 6.07) is 9.72. The normalized spacial score (nSPS) is 10.4. The van der Waals surface area contributed by atoms with Crippen molar-refractivity contribution in [1.82, 2.24) is 5.43 Å². The van der Waals surface area contributed by atoms with Crippen LogP contribution in [0.4, 0.5) is 11.4 Å². The Morgan fingerprint density at radius 3 is 2.50 bits per heavy atom. The Balaban J connectivity index is 2.10. The number of carbonyl (C=O) groups excluding carboxylic acids is 2. The van der Waals surface area contributed by atoms with Gasteiger partial charge in [0.05, 0.1) is 43.2 Å². The molecule has 2 aromatic rings. The lowest BCUT2D eigenvalue weighted by Crippen LogP contribution is -2.26. The molecule has 30 heavy (non-hydrogen) atoms. The Kier molecular flexibility index (Phi) is 7.68. The number of hydrogen-bond acceptors (Lipinski definition) is 9. The van der Waals surface area contributed by atoms with Crippen LogP contribution in [0.5, 0.6) is 17.2 Å². The lowest BCUT2D eigenvalue weighted by Gasteiger charge is -2.10. The zero-order valence-electron chi connectivity index (χ0n) is 16.5. The highest BCUT2D eigenvalue weighted by Gasteiger charge is 2.25. The number of benzene rings is 2. The summed E-state index contributed by atoms with van der Waals surface area (Å²) in [5.74, 6) is -0.895. The minimum absolute atomic E-state index is 0.0470. The summed E-state index contributed by atoms with van der Waals surface area (Å²) >= 11 is 0. The van der Waals surface area contributed by atoms with E-state index >= 15 is 0 Å². The predicted molar refractivity (Wildman–Crippen MR) is 108 cm³/mol. The standard InChI is InChI=1S/C19H20N4O7/c1-12(24)30-16-9-8-13(18(23(26)27)19(16)29-3)10-21-22-17(25)11-20-14-6-4-5-7-15(14)28-2/h4-10,20H,11H2,1-3H3,(H,22,25)/b21-10+. The van der Waals surface area contributed by atoms with Crippen molar-refractivity contribution < 1.29 is 28.7 Å². The van der Waals surface area contributed by atoms with Crippen molar-refractivity contribution >= 4 is 29.5 Å². The number of anilines is 1. The van der Waals surface area contributed by atoms with Crippen molar-refractivity contribution in [2.45, 2.75) is 6.92 Å². The number of ether oxygens (including phenoxy) is 3. The van der Waals surface area contributed by atoms with E-state index < -0.39 is 22.5 Å². The van der Waals surface area contributed by atoms with E-state index in [4.69, 9.17) is 14.2 Å². The van der Waals surface area contributed by atoms with Gasteiger partial charge in [0.25, 0.3) is 5.91 Å².